The lowest BCUT2D eigenvalue weighted by atomic mass is 9.87. The number of amides is 2. The lowest BCUT2D eigenvalue weighted by Crippen LogP contribution is -2.65. The molecule has 0 spiro atoms. The molecule has 1 unspecified atom stereocenters. The third-order valence-electron chi connectivity index (χ3n) is 6.53. The van der Waals surface area contributed by atoms with Crippen molar-refractivity contribution in [3.05, 3.63) is 59.4 Å². The van der Waals surface area contributed by atoms with Crippen molar-refractivity contribution in [1.82, 2.24) is 15.1 Å². The third-order valence-corrected chi connectivity index (χ3v) is 6.53. The van der Waals surface area contributed by atoms with Crippen molar-refractivity contribution in [2.75, 3.05) is 26.7 Å². The maximum atomic E-state index is 13.9. The Morgan fingerprint density at radius 3 is 2.49 bits per heavy atom. The Morgan fingerprint density at radius 1 is 1.03 bits per heavy atom. The summed E-state index contributed by atoms with van der Waals surface area (Å²) in [5, 5.41) is 2.78. The van der Waals surface area contributed by atoms with Gasteiger partial charge in [-0.2, -0.15) is 0 Å². The molecule has 0 radical (unpaired) electrons. The highest BCUT2D eigenvalue weighted by Crippen LogP contribution is 2.37. The van der Waals surface area contributed by atoms with Crippen LogP contribution in [-0.4, -0.2) is 59.8 Å². The molecule has 2 fully saturated rings. The lowest BCUT2D eigenvalue weighted by molar-refractivity contribution is -0.149. The predicted molar refractivity (Wildman–Crippen MR) is 126 cm³/mol. The zero-order chi connectivity index (χ0) is 25.4. The first-order valence-electron chi connectivity index (χ1n) is 11.5. The van der Waals surface area contributed by atoms with Crippen molar-refractivity contribution >= 4 is 17.6 Å². The molecular formula is C26H30FN3O5. The zero-order valence-corrected chi connectivity index (χ0v) is 20.4. The van der Waals surface area contributed by atoms with Crippen LogP contribution in [0.4, 0.5) is 4.39 Å². The van der Waals surface area contributed by atoms with E-state index in [-0.39, 0.29) is 49.6 Å². The number of ketones is 1. The average molecular weight is 484 g/mol. The van der Waals surface area contributed by atoms with Crippen molar-refractivity contribution in [1.29, 1.82) is 0 Å². The molecule has 0 bridgehead atoms. The maximum Gasteiger partial charge on any atom is 0.238 e. The number of hydrogen-bond donors (Lipinski definition) is 1. The number of Topliss-reactive ketones (excluding diaryl/α,β-unsaturated/α-hetero) is 1. The number of hydrogen-bond acceptors (Lipinski definition) is 6. The molecule has 2 saturated heterocycles. The largest absolute Gasteiger partial charge is 0.496 e. The van der Waals surface area contributed by atoms with Gasteiger partial charge in [0.2, 0.25) is 11.8 Å². The molecule has 4 rings (SSSR count). The number of ether oxygens (including phenoxy) is 2. The quantitative estimate of drug-likeness (QED) is 0.679. The first kappa shape index (κ1) is 24.7. The van der Waals surface area contributed by atoms with Crippen molar-refractivity contribution in [2.45, 2.75) is 39.6 Å². The summed E-state index contributed by atoms with van der Waals surface area (Å²) in [6, 6.07) is 11.6. The zero-order valence-electron chi connectivity index (χ0n) is 20.4. The Morgan fingerprint density at radius 2 is 1.77 bits per heavy atom. The topological polar surface area (TPSA) is 88.2 Å². The molecule has 9 heteroatoms. The van der Waals surface area contributed by atoms with Crippen molar-refractivity contribution in [3.8, 4) is 11.5 Å². The fraction of sp³-hybridized carbons (Fsp3) is 0.423. The Bertz CT molecular complexity index is 1170. The van der Waals surface area contributed by atoms with E-state index < -0.39 is 16.9 Å². The summed E-state index contributed by atoms with van der Waals surface area (Å²) >= 11 is 0. The summed E-state index contributed by atoms with van der Waals surface area (Å²) in [5.74, 6) is -0.453. The van der Waals surface area contributed by atoms with Crippen LogP contribution in [0.15, 0.2) is 42.5 Å². The second kappa shape index (κ2) is 9.30. The first-order chi connectivity index (χ1) is 16.5. The van der Waals surface area contributed by atoms with Gasteiger partial charge in [0.15, 0.2) is 23.0 Å². The normalized spacial score (nSPS) is 22.3. The van der Waals surface area contributed by atoms with Crippen molar-refractivity contribution < 1.29 is 28.2 Å². The number of para-hydroxylation sites is 1. The molecule has 1 atom stereocenters. The van der Waals surface area contributed by atoms with Gasteiger partial charge in [-0.3, -0.25) is 19.3 Å². The van der Waals surface area contributed by atoms with Crippen molar-refractivity contribution in [2.24, 2.45) is 5.41 Å². The van der Waals surface area contributed by atoms with Gasteiger partial charge >= 0.3 is 0 Å². The van der Waals surface area contributed by atoms with Crippen molar-refractivity contribution in [3.63, 3.8) is 0 Å². The van der Waals surface area contributed by atoms with Gasteiger partial charge in [0.1, 0.15) is 12.4 Å². The second-order valence-electron chi connectivity index (χ2n) is 9.82. The summed E-state index contributed by atoms with van der Waals surface area (Å²) in [4.78, 5) is 42.1. The van der Waals surface area contributed by atoms with Crippen LogP contribution in [0.3, 0.4) is 0 Å². The molecule has 2 aliphatic heterocycles. The van der Waals surface area contributed by atoms with Gasteiger partial charge in [-0.1, -0.05) is 32.0 Å². The Balaban J connectivity index is 1.51. The molecule has 35 heavy (non-hydrogen) atoms. The Kier molecular flexibility index (Phi) is 6.55. The predicted octanol–water partition coefficient (Wildman–Crippen LogP) is 2.50. The van der Waals surface area contributed by atoms with Gasteiger partial charge in [0, 0.05) is 24.1 Å². The number of nitrogens with zero attached hydrogens (tertiary/aromatic N) is 2. The lowest BCUT2D eigenvalue weighted by Gasteiger charge is -2.38. The number of methoxy groups -OCH3 is 1. The monoisotopic (exact) mass is 483 g/mol. The minimum atomic E-state index is -1.33. The van der Waals surface area contributed by atoms with E-state index >= 15 is 0 Å². The molecule has 8 nitrogen and oxygen atoms in total. The number of carbonyl (C=O) groups is 3. The SMILES string of the molecule is COc1ccc(CN2CC(=O)NC3(C)C(=O)C(C)(C)CN3C(=O)C2)cc1COc1ccccc1F. The highest BCUT2D eigenvalue weighted by atomic mass is 19.1. The van der Waals surface area contributed by atoms with Gasteiger partial charge in [-0.15, -0.1) is 0 Å². The van der Waals surface area contributed by atoms with E-state index in [1.165, 1.54) is 11.0 Å². The number of halogens is 1. The summed E-state index contributed by atoms with van der Waals surface area (Å²) in [6.45, 7) is 5.78. The fourth-order valence-electron chi connectivity index (χ4n) is 4.85. The molecule has 0 saturated carbocycles. The van der Waals surface area contributed by atoms with Crippen LogP contribution in [0.25, 0.3) is 0 Å². The summed E-state index contributed by atoms with van der Waals surface area (Å²) in [7, 11) is 1.54. The van der Waals surface area contributed by atoms with Gasteiger partial charge in [0.25, 0.3) is 0 Å². The van der Waals surface area contributed by atoms with E-state index in [4.69, 9.17) is 9.47 Å². The second-order valence-corrected chi connectivity index (χ2v) is 9.82. The van der Waals surface area contributed by atoms with Crippen LogP contribution in [-0.2, 0) is 27.5 Å². The minimum Gasteiger partial charge on any atom is -0.496 e. The summed E-state index contributed by atoms with van der Waals surface area (Å²) in [5.41, 5.74) is -0.535. The van der Waals surface area contributed by atoms with Crippen LogP contribution in [0.1, 0.15) is 31.9 Å². The van der Waals surface area contributed by atoms with E-state index in [0.29, 0.717) is 17.9 Å². The van der Waals surface area contributed by atoms with E-state index in [0.717, 1.165) is 5.56 Å². The van der Waals surface area contributed by atoms with Gasteiger partial charge in [-0.05, 0) is 36.8 Å². The molecule has 2 amide bonds. The Labute approximate surface area is 204 Å². The molecule has 0 aromatic heterocycles. The van der Waals surface area contributed by atoms with E-state index in [2.05, 4.69) is 5.32 Å². The molecule has 2 heterocycles. The molecule has 2 aromatic rings. The number of fused-ring (bicyclic) bond motifs is 1. The minimum absolute atomic E-state index is 0.000537. The third kappa shape index (κ3) is 4.86. The molecule has 2 aliphatic rings. The Hall–Kier alpha value is -3.46. The van der Waals surface area contributed by atoms with Crippen LogP contribution in [0.5, 0.6) is 11.5 Å². The molecular weight excluding hydrogens is 453 g/mol. The van der Waals surface area contributed by atoms with E-state index in [9.17, 15) is 18.8 Å². The smallest absolute Gasteiger partial charge is 0.238 e. The molecule has 1 N–H and O–H groups in total. The van der Waals surface area contributed by atoms with Crippen LogP contribution < -0.4 is 14.8 Å². The summed E-state index contributed by atoms with van der Waals surface area (Å²) in [6.07, 6.45) is 0. The summed E-state index contributed by atoms with van der Waals surface area (Å²) < 4.78 is 25.0. The number of rotatable bonds is 6. The number of benzene rings is 2. The molecule has 186 valence electrons. The van der Waals surface area contributed by atoms with E-state index in [1.807, 2.05) is 12.1 Å². The fourth-order valence-corrected chi connectivity index (χ4v) is 4.85. The number of carbonyl (C=O) groups excluding carboxylic acids is 3. The highest BCUT2D eigenvalue weighted by Gasteiger charge is 2.57. The first-order valence-corrected chi connectivity index (χ1v) is 11.5. The van der Waals surface area contributed by atoms with Crippen LogP contribution >= 0.6 is 0 Å². The van der Waals surface area contributed by atoms with Gasteiger partial charge in [-0.25, -0.2) is 4.39 Å². The molecule has 0 aliphatic carbocycles. The standard InChI is InChI=1S/C26H30FN3O5/c1-25(2)16-30-23(32)14-29(13-22(31)28-26(30,3)24(25)33)12-17-9-10-20(34-4)18(11-17)15-35-21-8-6-5-7-19(21)27/h5-11H,12-16H2,1-4H3,(H,28,31). The van der Waals surface area contributed by atoms with Crippen LogP contribution in [0, 0.1) is 11.2 Å². The van der Waals surface area contributed by atoms with Gasteiger partial charge in [0.05, 0.1) is 20.2 Å². The highest BCUT2D eigenvalue weighted by molar-refractivity contribution is 6.02. The van der Waals surface area contributed by atoms with Crippen LogP contribution in [0.2, 0.25) is 0 Å². The average Bonchev–Trinajstić information content (AvgIpc) is 2.97. The van der Waals surface area contributed by atoms with Gasteiger partial charge < -0.3 is 19.7 Å². The molecule has 2 aromatic carbocycles. The number of nitrogens with one attached hydrogen (secondary N) is 1. The van der Waals surface area contributed by atoms with E-state index in [1.54, 1.807) is 57.0 Å². The maximum absolute atomic E-state index is 13.9.